The number of carbonyl (C=O) groups excluding carboxylic acids is 1. The zero-order chi connectivity index (χ0) is 14.3. The Bertz CT molecular complexity index is 288. The molecule has 0 radical (unpaired) electrons. The molecule has 1 N–H and O–H groups in total. The van der Waals surface area contributed by atoms with E-state index in [9.17, 15) is 9.59 Å². The van der Waals surface area contributed by atoms with Crippen molar-refractivity contribution in [1.82, 2.24) is 4.90 Å². The molecule has 1 unspecified atom stereocenters. The second kappa shape index (κ2) is 7.51. The standard InChI is InChI=1S/C12H23NO4S/c1-6-18-8-7-9(10(14)15)13(5)11(16)17-12(2,3)4/h9H,6-8H2,1-5H3,(H,14,15). The third-order valence-electron chi connectivity index (χ3n) is 2.17. The van der Waals surface area contributed by atoms with Gasteiger partial charge in [-0.3, -0.25) is 4.90 Å². The van der Waals surface area contributed by atoms with Crippen molar-refractivity contribution in [3.63, 3.8) is 0 Å². The van der Waals surface area contributed by atoms with E-state index < -0.39 is 23.7 Å². The number of thioether (sulfide) groups is 1. The molecule has 106 valence electrons. The Morgan fingerprint density at radius 1 is 1.39 bits per heavy atom. The molecule has 0 saturated carbocycles. The number of ether oxygens (including phenoxy) is 1. The van der Waals surface area contributed by atoms with Crippen molar-refractivity contribution in [1.29, 1.82) is 0 Å². The number of amides is 1. The summed E-state index contributed by atoms with van der Waals surface area (Å²) in [4.78, 5) is 24.1. The van der Waals surface area contributed by atoms with Crippen molar-refractivity contribution >= 4 is 23.8 Å². The van der Waals surface area contributed by atoms with E-state index >= 15 is 0 Å². The van der Waals surface area contributed by atoms with Crippen molar-refractivity contribution in [3.05, 3.63) is 0 Å². The second-order valence-corrected chi connectivity index (χ2v) is 6.32. The molecule has 1 atom stereocenters. The van der Waals surface area contributed by atoms with Crippen LogP contribution < -0.4 is 0 Å². The number of hydrogen-bond acceptors (Lipinski definition) is 4. The molecule has 0 aromatic heterocycles. The number of carboxylic acid groups (broad SMARTS) is 1. The molecule has 0 heterocycles. The maximum absolute atomic E-state index is 11.8. The van der Waals surface area contributed by atoms with Crippen LogP contribution in [0.15, 0.2) is 0 Å². The number of aliphatic carboxylic acids is 1. The van der Waals surface area contributed by atoms with Gasteiger partial charge in [-0.05, 0) is 38.7 Å². The second-order valence-electron chi connectivity index (χ2n) is 4.93. The van der Waals surface area contributed by atoms with Crippen LogP contribution in [-0.4, -0.2) is 52.3 Å². The van der Waals surface area contributed by atoms with Gasteiger partial charge >= 0.3 is 12.1 Å². The fourth-order valence-electron chi connectivity index (χ4n) is 1.28. The predicted octanol–water partition coefficient (Wildman–Crippen LogP) is 2.45. The van der Waals surface area contributed by atoms with Gasteiger partial charge in [0.1, 0.15) is 11.6 Å². The van der Waals surface area contributed by atoms with Gasteiger partial charge in [-0.1, -0.05) is 6.92 Å². The first-order chi connectivity index (χ1) is 8.19. The quantitative estimate of drug-likeness (QED) is 0.755. The van der Waals surface area contributed by atoms with Gasteiger partial charge < -0.3 is 9.84 Å². The van der Waals surface area contributed by atoms with E-state index in [1.807, 2.05) is 6.92 Å². The van der Waals surface area contributed by atoms with Crippen LogP contribution in [0, 0.1) is 0 Å². The van der Waals surface area contributed by atoms with Gasteiger partial charge in [-0.2, -0.15) is 11.8 Å². The highest BCUT2D eigenvalue weighted by Gasteiger charge is 2.29. The van der Waals surface area contributed by atoms with Crippen LogP contribution in [0.1, 0.15) is 34.1 Å². The molecule has 0 aromatic rings. The van der Waals surface area contributed by atoms with Crippen LogP contribution in [-0.2, 0) is 9.53 Å². The summed E-state index contributed by atoms with van der Waals surface area (Å²) in [6.45, 7) is 7.27. The van der Waals surface area contributed by atoms with Crippen LogP contribution in [0.3, 0.4) is 0 Å². The minimum Gasteiger partial charge on any atom is -0.480 e. The number of carbonyl (C=O) groups is 2. The van der Waals surface area contributed by atoms with E-state index in [2.05, 4.69) is 0 Å². The first kappa shape index (κ1) is 17.1. The Hall–Kier alpha value is -0.910. The third-order valence-corrected chi connectivity index (χ3v) is 3.11. The summed E-state index contributed by atoms with van der Waals surface area (Å²) < 4.78 is 5.15. The van der Waals surface area contributed by atoms with E-state index in [4.69, 9.17) is 9.84 Å². The molecule has 0 saturated heterocycles. The minimum absolute atomic E-state index is 0.420. The lowest BCUT2D eigenvalue weighted by Crippen LogP contribution is -2.45. The molecule has 6 heteroatoms. The molecular formula is C12H23NO4S. The molecule has 0 fully saturated rings. The molecule has 5 nitrogen and oxygen atoms in total. The summed E-state index contributed by atoms with van der Waals surface area (Å²) in [5, 5.41) is 9.13. The van der Waals surface area contributed by atoms with E-state index in [1.165, 1.54) is 7.05 Å². The average Bonchev–Trinajstić information content (AvgIpc) is 2.20. The van der Waals surface area contributed by atoms with Crippen molar-refractivity contribution in [3.8, 4) is 0 Å². The smallest absolute Gasteiger partial charge is 0.410 e. The highest BCUT2D eigenvalue weighted by molar-refractivity contribution is 7.99. The molecule has 0 aromatic carbocycles. The molecule has 1 amide bonds. The number of carboxylic acids is 1. The first-order valence-electron chi connectivity index (χ1n) is 5.95. The zero-order valence-corrected chi connectivity index (χ0v) is 12.5. The Balaban J connectivity index is 4.51. The summed E-state index contributed by atoms with van der Waals surface area (Å²) in [5.41, 5.74) is -0.618. The summed E-state index contributed by atoms with van der Waals surface area (Å²) in [6.07, 6.45) is -0.180. The molecule has 0 aliphatic carbocycles. The Morgan fingerprint density at radius 2 is 1.94 bits per heavy atom. The number of rotatable bonds is 6. The Morgan fingerprint density at radius 3 is 2.33 bits per heavy atom. The molecule has 0 aliphatic heterocycles. The molecule has 0 aliphatic rings. The van der Waals surface area contributed by atoms with E-state index in [0.29, 0.717) is 12.2 Å². The highest BCUT2D eigenvalue weighted by Crippen LogP contribution is 2.14. The fourth-order valence-corrected chi connectivity index (χ4v) is 1.96. The lowest BCUT2D eigenvalue weighted by atomic mass is 10.2. The highest BCUT2D eigenvalue weighted by atomic mass is 32.2. The predicted molar refractivity (Wildman–Crippen MR) is 73.0 cm³/mol. The Kier molecular flexibility index (Phi) is 7.13. The molecular weight excluding hydrogens is 254 g/mol. The van der Waals surface area contributed by atoms with E-state index in [1.54, 1.807) is 32.5 Å². The Labute approximate surface area is 113 Å². The summed E-state index contributed by atoms with van der Waals surface area (Å²) in [7, 11) is 1.46. The van der Waals surface area contributed by atoms with Crippen molar-refractivity contribution in [2.24, 2.45) is 0 Å². The van der Waals surface area contributed by atoms with Gasteiger partial charge in [-0.15, -0.1) is 0 Å². The van der Waals surface area contributed by atoms with Crippen LogP contribution in [0.2, 0.25) is 0 Å². The molecule has 18 heavy (non-hydrogen) atoms. The van der Waals surface area contributed by atoms with Crippen molar-refractivity contribution in [2.75, 3.05) is 18.6 Å². The summed E-state index contributed by atoms with van der Waals surface area (Å²) >= 11 is 1.65. The number of hydrogen-bond donors (Lipinski definition) is 1. The summed E-state index contributed by atoms with van der Waals surface area (Å²) in [6, 6.07) is -0.834. The molecule has 0 rings (SSSR count). The fraction of sp³-hybridized carbons (Fsp3) is 0.833. The average molecular weight is 277 g/mol. The normalized spacial score (nSPS) is 12.9. The van der Waals surface area contributed by atoms with Gasteiger partial charge in [-0.25, -0.2) is 9.59 Å². The number of likely N-dealkylation sites (N-methyl/N-ethyl adjacent to an activating group) is 1. The molecule has 0 bridgehead atoms. The topological polar surface area (TPSA) is 66.8 Å². The van der Waals surface area contributed by atoms with Crippen LogP contribution in [0.25, 0.3) is 0 Å². The van der Waals surface area contributed by atoms with Gasteiger partial charge in [0.05, 0.1) is 0 Å². The first-order valence-corrected chi connectivity index (χ1v) is 7.11. The van der Waals surface area contributed by atoms with Gasteiger partial charge in [0.15, 0.2) is 0 Å². The van der Waals surface area contributed by atoms with Crippen LogP contribution >= 0.6 is 11.8 Å². The van der Waals surface area contributed by atoms with E-state index in [0.717, 1.165) is 10.7 Å². The van der Waals surface area contributed by atoms with Crippen LogP contribution in [0.5, 0.6) is 0 Å². The van der Waals surface area contributed by atoms with E-state index in [-0.39, 0.29) is 0 Å². The van der Waals surface area contributed by atoms with Crippen molar-refractivity contribution in [2.45, 2.75) is 45.8 Å². The number of nitrogens with zero attached hydrogens (tertiary/aromatic N) is 1. The van der Waals surface area contributed by atoms with Crippen molar-refractivity contribution < 1.29 is 19.4 Å². The maximum Gasteiger partial charge on any atom is 0.410 e. The zero-order valence-electron chi connectivity index (χ0n) is 11.7. The lowest BCUT2D eigenvalue weighted by Gasteiger charge is -2.28. The monoisotopic (exact) mass is 277 g/mol. The maximum atomic E-state index is 11.8. The van der Waals surface area contributed by atoms with Gasteiger partial charge in [0.2, 0.25) is 0 Å². The minimum atomic E-state index is -1.000. The largest absolute Gasteiger partial charge is 0.480 e. The van der Waals surface area contributed by atoms with Gasteiger partial charge in [0, 0.05) is 7.05 Å². The SMILES string of the molecule is CCSCCC(C(=O)O)N(C)C(=O)OC(C)(C)C. The lowest BCUT2D eigenvalue weighted by molar-refractivity contribution is -0.142. The van der Waals surface area contributed by atoms with Gasteiger partial charge in [0.25, 0.3) is 0 Å². The molecule has 0 spiro atoms. The van der Waals surface area contributed by atoms with Crippen LogP contribution in [0.4, 0.5) is 4.79 Å². The third kappa shape index (κ3) is 6.74. The summed E-state index contributed by atoms with van der Waals surface area (Å²) in [5.74, 6) is 0.642.